The van der Waals surface area contributed by atoms with Gasteiger partial charge in [-0.1, -0.05) is 0 Å². The van der Waals surface area contributed by atoms with Crippen molar-refractivity contribution in [3.8, 4) is 0 Å². The second-order valence-electron chi connectivity index (χ2n) is 3.71. The van der Waals surface area contributed by atoms with Crippen molar-refractivity contribution in [2.75, 3.05) is 6.61 Å². The number of rotatable bonds is 4. The monoisotopic (exact) mass is 274 g/mol. The molecule has 2 aliphatic heterocycles. The van der Waals surface area contributed by atoms with Gasteiger partial charge in [-0.3, -0.25) is 13.9 Å². The molecule has 2 aliphatic rings. The van der Waals surface area contributed by atoms with E-state index in [0.717, 1.165) is 4.90 Å². The molecule has 0 aliphatic carbocycles. The summed E-state index contributed by atoms with van der Waals surface area (Å²) >= 11 is 0. The summed E-state index contributed by atoms with van der Waals surface area (Å²) < 4.78 is 16.4. The average molecular weight is 274 g/mol. The predicted octanol–water partition coefficient (Wildman–Crippen LogP) is -0.911. The van der Waals surface area contributed by atoms with E-state index in [0.29, 0.717) is 0 Å². The molecule has 1 unspecified atom stereocenters. The summed E-state index contributed by atoms with van der Waals surface area (Å²) in [6, 6.07) is 0. The van der Waals surface area contributed by atoms with Crippen molar-refractivity contribution in [2.24, 2.45) is 5.73 Å². The number of carboxylic acid groups (broad SMARTS) is 1. The molecule has 0 radical (unpaired) electrons. The van der Waals surface area contributed by atoms with E-state index >= 15 is 0 Å². The van der Waals surface area contributed by atoms with E-state index in [1.54, 1.807) is 0 Å². The largest absolute Gasteiger partial charge is 0.477 e. The Bertz CT molecular complexity index is 499. The summed E-state index contributed by atoms with van der Waals surface area (Å²) in [5, 5.41) is 8.44. The van der Waals surface area contributed by atoms with E-state index in [9.17, 15) is 18.6 Å². The number of aliphatic carboxylic acids is 1. The Morgan fingerprint density at radius 3 is 2.72 bits per heavy atom. The molecule has 0 aromatic rings. The number of carboxylic acids is 1. The summed E-state index contributed by atoms with van der Waals surface area (Å²) in [6.07, 6.45) is -0.934. The van der Waals surface area contributed by atoms with Crippen LogP contribution in [0.3, 0.4) is 0 Å². The lowest BCUT2D eigenvalue weighted by molar-refractivity contribution is -0.145. The van der Waals surface area contributed by atoms with Gasteiger partial charge in [-0.05, 0) is 0 Å². The number of ether oxygens (including phenoxy) is 1. The lowest BCUT2D eigenvalue weighted by Gasteiger charge is -2.33. The highest BCUT2D eigenvalue weighted by molar-refractivity contribution is 7.90. The molecule has 0 aromatic carbocycles. The number of carbonyl (C=O) groups excluding carboxylic acids is 2. The normalized spacial score (nSPS) is 25.8. The smallest absolute Gasteiger partial charge is 0.404 e. The van der Waals surface area contributed by atoms with Gasteiger partial charge in [0.2, 0.25) is 5.91 Å². The Hall–Kier alpha value is -1.90. The third-order valence-electron chi connectivity index (χ3n) is 2.68. The van der Waals surface area contributed by atoms with E-state index in [2.05, 4.69) is 4.74 Å². The fourth-order valence-corrected chi connectivity index (χ4v) is 3.60. The van der Waals surface area contributed by atoms with Crippen molar-refractivity contribution >= 4 is 28.8 Å². The van der Waals surface area contributed by atoms with Gasteiger partial charge in [-0.2, -0.15) is 0 Å². The molecule has 1 saturated heterocycles. The maximum atomic E-state index is 11.9. The Balaban J connectivity index is 2.19. The summed E-state index contributed by atoms with van der Waals surface area (Å²) in [5.74, 6) is -1.68. The van der Waals surface area contributed by atoms with E-state index in [1.165, 1.54) is 0 Å². The Labute approximate surface area is 104 Å². The summed E-state index contributed by atoms with van der Waals surface area (Å²) in [5.41, 5.74) is 4.50. The highest BCUT2D eigenvalue weighted by Gasteiger charge is 2.52. The third-order valence-corrected chi connectivity index (χ3v) is 4.43. The highest BCUT2D eigenvalue weighted by atomic mass is 32.2. The molecule has 3 N–H and O–H groups in total. The van der Waals surface area contributed by atoms with Crippen LogP contribution in [0, 0.1) is 0 Å². The zero-order chi connectivity index (χ0) is 13.4. The number of primary amides is 1. The second kappa shape index (κ2) is 4.41. The van der Waals surface area contributed by atoms with E-state index in [1.807, 2.05) is 0 Å². The van der Waals surface area contributed by atoms with Gasteiger partial charge >= 0.3 is 12.1 Å². The molecule has 2 atom stereocenters. The molecule has 0 spiro atoms. The second-order valence-corrected chi connectivity index (χ2v) is 5.35. The van der Waals surface area contributed by atoms with Crippen LogP contribution in [0.5, 0.6) is 0 Å². The number of hydrogen-bond donors (Lipinski definition) is 2. The first-order valence-corrected chi connectivity index (χ1v) is 6.26. The number of β-lactam (4-membered cyclic amide) rings is 1. The predicted molar refractivity (Wildman–Crippen MR) is 58.2 cm³/mol. The maximum Gasteiger partial charge on any atom is 0.404 e. The van der Waals surface area contributed by atoms with Crippen LogP contribution in [0.25, 0.3) is 0 Å². The number of nitrogens with two attached hydrogens (primary N) is 1. The van der Waals surface area contributed by atoms with Gasteiger partial charge in [0, 0.05) is 6.42 Å². The molecule has 0 bridgehead atoms. The van der Waals surface area contributed by atoms with Crippen LogP contribution in [0.1, 0.15) is 12.8 Å². The molecule has 2 heterocycles. The molecule has 8 nitrogen and oxygen atoms in total. The van der Waals surface area contributed by atoms with Crippen molar-refractivity contribution < 1.29 is 28.4 Å². The molecule has 2 rings (SSSR count). The molecule has 9 heteroatoms. The zero-order valence-corrected chi connectivity index (χ0v) is 9.94. The first-order valence-electron chi connectivity index (χ1n) is 5.04. The molecular formula is C9H10N2O6S. The van der Waals surface area contributed by atoms with Crippen molar-refractivity contribution in [3.05, 3.63) is 10.6 Å². The number of nitrogens with zero attached hydrogens (tertiary/aromatic N) is 1. The molecule has 98 valence electrons. The van der Waals surface area contributed by atoms with Gasteiger partial charge < -0.3 is 15.6 Å². The van der Waals surface area contributed by atoms with Gasteiger partial charge in [0.05, 0.1) is 28.7 Å². The van der Waals surface area contributed by atoms with Crippen molar-refractivity contribution in [1.82, 2.24) is 4.90 Å². The zero-order valence-electron chi connectivity index (χ0n) is 9.12. The maximum absolute atomic E-state index is 11.9. The number of hydrogen-bond acceptors (Lipinski definition) is 5. The van der Waals surface area contributed by atoms with E-state index in [4.69, 9.17) is 10.8 Å². The van der Waals surface area contributed by atoms with Crippen LogP contribution in [0.15, 0.2) is 10.6 Å². The van der Waals surface area contributed by atoms with Crippen LogP contribution in [-0.2, 0) is 25.1 Å². The lowest BCUT2D eigenvalue weighted by Crippen LogP contribution is -2.51. The quantitative estimate of drug-likeness (QED) is 0.639. The topological polar surface area (TPSA) is 127 Å². The van der Waals surface area contributed by atoms with Crippen LogP contribution < -0.4 is 5.73 Å². The van der Waals surface area contributed by atoms with Crippen molar-refractivity contribution in [3.63, 3.8) is 0 Å². The Kier molecular flexibility index (Phi) is 3.07. The molecule has 0 saturated carbocycles. The molecular weight excluding hydrogens is 264 g/mol. The minimum absolute atomic E-state index is 0.0164. The minimum Gasteiger partial charge on any atom is -0.477 e. The fourth-order valence-electron chi connectivity index (χ4n) is 1.91. The Morgan fingerprint density at radius 2 is 2.22 bits per heavy atom. The molecule has 0 aromatic heterocycles. The third kappa shape index (κ3) is 1.86. The lowest BCUT2D eigenvalue weighted by atomic mass is 10.1. The highest BCUT2D eigenvalue weighted by Crippen LogP contribution is 2.39. The first kappa shape index (κ1) is 12.6. The average Bonchev–Trinajstić information content (AvgIpc) is 2.48. The van der Waals surface area contributed by atoms with Crippen molar-refractivity contribution in [2.45, 2.75) is 18.2 Å². The number of carbonyl (C=O) groups is 3. The van der Waals surface area contributed by atoms with Crippen LogP contribution in [0.2, 0.25) is 0 Å². The van der Waals surface area contributed by atoms with Gasteiger partial charge in [0.25, 0.3) is 0 Å². The number of amides is 2. The van der Waals surface area contributed by atoms with Crippen LogP contribution >= 0.6 is 0 Å². The molecule has 2 amide bonds. The van der Waals surface area contributed by atoms with Gasteiger partial charge in [0.1, 0.15) is 11.1 Å². The summed E-state index contributed by atoms with van der Waals surface area (Å²) in [6.45, 7) is -0.165. The van der Waals surface area contributed by atoms with Crippen LogP contribution in [-0.4, -0.2) is 44.2 Å². The standard InChI is InChI=1S/C9H10N2O6S/c10-9(15)17-2-1-4-7(8(13)14)11-5(12)3-6(11)18(4)16/h6H,1-3H2,(H2,10,15)(H,13,14)/t6-,18?/m1/s1. The summed E-state index contributed by atoms with van der Waals surface area (Å²) in [7, 11) is -1.56. The number of fused-ring (bicyclic) bond motifs is 1. The summed E-state index contributed by atoms with van der Waals surface area (Å²) in [4.78, 5) is 33.9. The van der Waals surface area contributed by atoms with Gasteiger partial charge in [0.15, 0.2) is 0 Å². The molecule has 18 heavy (non-hydrogen) atoms. The van der Waals surface area contributed by atoms with E-state index < -0.39 is 28.2 Å². The molecule has 1 fully saturated rings. The van der Waals surface area contributed by atoms with Crippen molar-refractivity contribution in [1.29, 1.82) is 0 Å². The van der Waals surface area contributed by atoms with E-state index in [-0.39, 0.29) is 36.0 Å². The van der Waals surface area contributed by atoms with Gasteiger partial charge in [-0.25, -0.2) is 9.59 Å². The van der Waals surface area contributed by atoms with Gasteiger partial charge in [-0.15, -0.1) is 0 Å². The first-order chi connectivity index (χ1) is 8.43. The minimum atomic E-state index is -1.56. The fraction of sp³-hybridized carbons (Fsp3) is 0.444. The van der Waals surface area contributed by atoms with Crippen LogP contribution in [0.4, 0.5) is 4.79 Å². The Morgan fingerprint density at radius 1 is 1.56 bits per heavy atom. The SMILES string of the molecule is NC(=O)OCCC1=C(C(=O)O)N2C(=O)C[C@H]2S1=O.